The lowest BCUT2D eigenvalue weighted by Crippen LogP contribution is -2.22. The number of rotatable bonds is 7. The number of aromatic nitrogens is 2. The van der Waals surface area contributed by atoms with Gasteiger partial charge in [0.05, 0.1) is 29.7 Å². The van der Waals surface area contributed by atoms with E-state index in [1.54, 1.807) is 36.0 Å². The molecule has 0 spiro atoms. The van der Waals surface area contributed by atoms with Crippen molar-refractivity contribution in [2.45, 2.75) is 33.6 Å². The highest BCUT2D eigenvalue weighted by Crippen LogP contribution is 2.22. The lowest BCUT2D eigenvalue weighted by Gasteiger charge is -2.13. The highest BCUT2D eigenvalue weighted by atomic mass is 16.5. The average molecular weight is 449 g/mol. The molecule has 3 rings (SSSR count). The van der Waals surface area contributed by atoms with E-state index in [1.807, 2.05) is 39.0 Å². The lowest BCUT2D eigenvalue weighted by molar-refractivity contribution is -0.140. The maximum absolute atomic E-state index is 12.8. The van der Waals surface area contributed by atoms with Gasteiger partial charge in [0.2, 0.25) is 0 Å². The van der Waals surface area contributed by atoms with Gasteiger partial charge in [0.1, 0.15) is 0 Å². The molecule has 0 radical (unpaired) electrons. The summed E-state index contributed by atoms with van der Waals surface area (Å²) in [7, 11) is 2.93. The van der Waals surface area contributed by atoms with Gasteiger partial charge < -0.3 is 15.4 Å². The predicted octanol–water partition coefficient (Wildman–Crippen LogP) is 3.52. The predicted molar refractivity (Wildman–Crippen MR) is 126 cm³/mol. The Labute approximate surface area is 193 Å². The van der Waals surface area contributed by atoms with Crippen LogP contribution in [0.25, 0.3) is 5.69 Å². The Kier molecular flexibility index (Phi) is 7.27. The molecule has 8 heteroatoms. The van der Waals surface area contributed by atoms with E-state index in [1.165, 1.54) is 7.11 Å². The van der Waals surface area contributed by atoms with Gasteiger partial charge >= 0.3 is 5.97 Å². The Balaban J connectivity index is 1.80. The van der Waals surface area contributed by atoms with Gasteiger partial charge in [0.25, 0.3) is 11.8 Å². The third-order valence-corrected chi connectivity index (χ3v) is 5.60. The van der Waals surface area contributed by atoms with Gasteiger partial charge in [-0.15, -0.1) is 0 Å². The van der Waals surface area contributed by atoms with Crippen LogP contribution in [0, 0.1) is 20.8 Å². The maximum Gasteiger partial charge on any atom is 0.305 e. The van der Waals surface area contributed by atoms with E-state index in [0.29, 0.717) is 29.7 Å². The van der Waals surface area contributed by atoms with Gasteiger partial charge in [-0.1, -0.05) is 12.1 Å². The van der Waals surface area contributed by atoms with E-state index in [-0.39, 0.29) is 17.8 Å². The molecular weight excluding hydrogens is 420 g/mol. The first kappa shape index (κ1) is 23.7. The average Bonchev–Trinajstić information content (AvgIpc) is 3.10. The van der Waals surface area contributed by atoms with Crippen LogP contribution in [-0.2, 0) is 16.0 Å². The van der Waals surface area contributed by atoms with Crippen molar-refractivity contribution in [3.8, 4) is 5.69 Å². The molecule has 3 aromatic rings. The summed E-state index contributed by atoms with van der Waals surface area (Å²) in [4.78, 5) is 36.6. The van der Waals surface area contributed by atoms with Gasteiger partial charge in [-0.05, 0) is 68.7 Å². The number of methoxy groups -OCH3 is 1. The fraction of sp³-hybridized carbons (Fsp3) is 0.280. The number of amides is 2. The Bertz CT molecular complexity index is 1200. The number of aryl methyl sites for hydroxylation is 2. The first-order valence-electron chi connectivity index (χ1n) is 10.6. The molecule has 0 aliphatic rings. The summed E-state index contributed by atoms with van der Waals surface area (Å²) in [5.74, 6) is -0.833. The molecule has 33 heavy (non-hydrogen) atoms. The molecule has 1 heterocycles. The molecular formula is C25H28N4O4. The molecule has 0 saturated carbocycles. The Morgan fingerprint density at radius 1 is 1.00 bits per heavy atom. The first-order chi connectivity index (χ1) is 15.8. The number of carbonyl (C=O) groups is 3. The molecule has 0 aliphatic heterocycles. The van der Waals surface area contributed by atoms with E-state index in [2.05, 4.69) is 15.7 Å². The molecule has 0 atom stereocenters. The Morgan fingerprint density at radius 3 is 2.33 bits per heavy atom. The van der Waals surface area contributed by atoms with Crippen LogP contribution in [-0.4, -0.2) is 41.7 Å². The zero-order chi connectivity index (χ0) is 24.1. The number of nitrogens with one attached hydrogen (secondary N) is 2. The molecule has 8 nitrogen and oxygen atoms in total. The highest BCUT2D eigenvalue weighted by molar-refractivity contribution is 6.09. The van der Waals surface area contributed by atoms with Crippen LogP contribution in [0.15, 0.2) is 42.5 Å². The second kappa shape index (κ2) is 10.1. The van der Waals surface area contributed by atoms with Crippen LogP contribution >= 0.6 is 0 Å². The first-order valence-corrected chi connectivity index (χ1v) is 10.6. The Hall–Kier alpha value is -3.94. The smallest absolute Gasteiger partial charge is 0.305 e. The molecule has 0 saturated heterocycles. The van der Waals surface area contributed by atoms with E-state index >= 15 is 0 Å². The van der Waals surface area contributed by atoms with Crippen LogP contribution in [0.5, 0.6) is 0 Å². The fourth-order valence-corrected chi connectivity index (χ4v) is 3.76. The van der Waals surface area contributed by atoms with Crippen LogP contribution in [0.1, 0.15) is 49.7 Å². The largest absolute Gasteiger partial charge is 0.469 e. The van der Waals surface area contributed by atoms with Crippen LogP contribution in [0.3, 0.4) is 0 Å². The van der Waals surface area contributed by atoms with Gasteiger partial charge in [-0.2, -0.15) is 5.10 Å². The van der Waals surface area contributed by atoms with E-state index in [4.69, 9.17) is 4.74 Å². The minimum absolute atomic E-state index is 0.258. The third kappa shape index (κ3) is 5.11. The number of hydrogen-bond donors (Lipinski definition) is 2. The van der Waals surface area contributed by atoms with Crippen LogP contribution < -0.4 is 10.6 Å². The summed E-state index contributed by atoms with van der Waals surface area (Å²) in [5.41, 5.74) is 5.71. The molecule has 0 unspecified atom stereocenters. The molecule has 0 bridgehead atoms. The SMILES string of the molecule is CNC(=O)c1c(C)cccc1NC(=O)c1ccc(-n2nc(C)c(CCC(=O)OC)c2C)cc1. The zero-order valence-electron chi connectivity index (χ0n) is 19.5. The maximum atomic E-state index is 12.8. The number of nitrogens with zero attached hydrogens (tertiary/aromatic N) is 2. The van der Waals surface area contributed by atoms with E-state index < -0.39 is 0 Å². The van der Waals surface area contributed by atoms with Gasteiger partial charge in [-0.3, -0.25) is 14.4 Å². The topological polar surface area (TPSA) is 102 Å². The van der Waals surface area contributed by atoms with Crippen molar-refractivity contribution in [2.24, 2.45) is 0 Å². The molecule has 172 valence electrons. The number of esters is 1. The Morgan fingerprint density at radius 2 is 1.70 bits per heavy atom. The molecule has 2 aromatic carbocycles. The quantitative estimate of drug-likeness (QED) is 0.539. The second-order valence-corrected chi connectivity index (χ2v) is 7.71. The fourth-order valence-electron chi connectivity index (χ4n) is 3.76. The second-order valence-electron chi connectivity index (χ2n) is 7.71. The van der Waals surface area contributed by atoms with Gasteiger partial charge in [-0.25, -0.2) is 4.68 Å². The summed E-state index contributed by atoms with van der Waals surface area (Å²) in [5, 5.41) is 10.0. The minimum Gasteiger partial charge on any atom is -0.469 e. The summed E-state index contributed by atoms with van der Waals surface area (Å²) < 4.78 is 6.53. The summed E-state index contributed by atoms with van der Waals surface area (Å²) in [6, 6.07) is 12.4. The number of carbonyl (C=O) groups excluding carboxylic acids is 3. The molecule has 0 aliphatic carbocycles. The normalized spacial score (nSPS) is 10.6. The van der Waals surface area contributed by atoms with Crippen molar-refractivity contribution in [1.82, 2.24) is 15.1 Å². The molecule has 1 aromatic heterocycles. The summed E-state index contributed by atoms with van der Waals surface area (Å²) >= 11 is 0. The summed E-state index contributed by atoms with van der Waals surface area (Å²) in [6.07, 6.45) is 0.842. The van der Waals surface area contributed by atoms with Gasteiger partial charge in [0, 0.05) is 24.7 Å². The standard InChI is InChI=1S/C25H28N4O4/c1-15-7-6-8-21(23(15)25(32)26-4)27-24(31)18-9-11-19(12-10-18)29-17(3)20(16(2)28-29)13-14-22(30)33-5/h6-12H,13-14H2,1-5H3,(H,26,32)(H,27,31). The van der Waals surface area contributed by atoms with E-state index in [9.17, 15) is 14.4 Å². The van der Waals surface area contributed by atoms with Gasteiger partial charge in [0.15, 0.2) is 0 Å². The van der Waals surface area contributed by atoms with Crippen molar-refractivity contribution in [3.05, 3.63) is 76.1 Å². The van der Waals surface area contributed by atoms with Crippen molar-refractivity contribution in [1.29, 1.82) is 0 Å². The third-order valence-electron chi connectivity index (χ3n) is 5.60. The molecule has 0 fully saturated rings. The van der Waals surface area contributed by atoms with Crippen molar-refractivity contribution in [2.75, 3.05) is 19.5 Å². The van der Waals surface area contributed by atoms with E-state index in [0.717, 1.165) is 28.2 Å². The highest BCUT2D eigenvalue weighted by Gasteiger charge is 2.17. The summed E-state index contributed by atoms with van der Waals surface area (Å²) in [6.45, 7) is 5.68. The van der Waals surface area contributed by atoms with Crippen LogP contribution in [0.4, 0.5) is 5.69 Å². The monoisotopic (exact) mass is 448 g/mol. The zero-order valence-corrected chi connectivity index (χ0v) is 19.5. The van der Waals surface area contributed by atoms with Crippen LogP contribution in [0.2, 0.25) is 0 Å². The number of benzene rings is 2. The van der Waals surface area contributed by atoms with Crippen molar-refractivity contribution in [3.63, 3.8) is 0 Å². The van der Waals surface area contributed by atoms with Crippen molar-refractivity contribution >= 4 is 23.5 Å². The minimum atomic E-state index is -0.315. The number of ether oxygens (including phenoxy) is 1. The lowest BCUT2D eigenvalue weighted by atomic mass is 10.1. The molecule has 2 amide bonds. The number of anilines is 1. The number of hydrogen-bond acceptors (Lipinski definition) is 5. The molecule has 2 N–H and O–H groups in total. The van der Waals surface area contributed by atoms with Crippen molar-refractivity contribution < 1.29 is 19.1 Å².